The average molecular weight is 254 g/mol. The average Bonchev–Trinajstić information content (AvgIpc) is 2.46. The summed E-state index contributed by atoms with van der Waals surface area (Å²) in [5.41, 5.74) is 2.54. The van der Waals surface area contributed by atoms with Gasteiger partial charge in [0.25, 0.3) is 0 Å². The van der Waals surface area contributed by atoms with E-state index in [1.165, 1.54) is 0 Å². The molecule has 0 radical (unpaired) electrons. The van der Waals surface area contributed by atoms with Gasteiger partial charge in [-0.3, -0.25) is 0 Å². The van der Waals surface area contributed by atoms with Crippen molar-refractivity contribution in [2.24, 2.45) is 0 Å². The molecule has 0 aliphatic rings. The zero-order valence-corrected chi connectivity index (χ0v) is 10.6. The van der Waals surface area contributed by atoms with Gasteiger partial charge in [-0.2, -0.15) is 0 Å². The Morgan fingerprint density at radius 1 is 1.16 bits per heavy atom. The van der Waals surface area contributed by atoms with Gasteiger partial charge >= 0.3 is 5.97 Å². The van der Waals surface area contributed by atoms with Crippen LogP contribution in [0, 0.1) is 0 Å². The van der Waals surface area contributed by atoms with Crippen LogP contribution >= 0.6 is 0 Å². The Balaban J connectivity index is 2.49. The lowest BCUT2D eigenvalue weighted by molar-refractivity contribution is -0.130. The van der Waals surface area contributed by atoms with Gasteiger partial charge in [0.1, 0.15) is 5.75 Å². The highest BCUT2D eigenvalue weighted by Gasteiger charge is 2.11. The van der Waals surface area contributed by atoms with E-state index in [1.54, 1.807) is 19.2 Å². The van der Waals surface area contributed by atoms with Gasteiger partial charge < -0.3 is 9.84 Å². The first kappa shape index (κ1) is 12.9. The van der Waals surface area contributed by atoms with Gasteiger partial charge in [0.15, 0.2) is 0 Å². The van der Waals surface area contributed by atoms with Crippen LogP contribution in [-0.2, 0) is 4.79 Å². The van der Waals surface area contributed by atoms with Gasteiger partial charge in [-0.1, -0.05) is 49.0 Å². The van der Waals surface area contributed by atoms with E-state index in [0.29, 0.717) is 11.3 Å². The molecule has 0 heterocycles. The first-order valence-corrected chi connectivity index (χ1v) is 5.79. The Hall–Kier alpha value is -2.55. The molecular weight excluding hydrogens is 240 g/mol. The second kappa shape index (κ2) is 5.40. The van der Waals surface area contributed by atoms with Gasteiger partial charge in [0.2, 0.25) is 0 Å². The minimum Gasteiger partial charge on any atom is -0.496 e. The van der Waals surface area contributed by atoms with Crippen LogP contribution in [-0.4, -0.2) is 18.2 Å². The monoisotopic (exact) mass is 254 g/mol. The summed E-state index contributed by atoms with van der Waals surface area (Å²) in [7, 11) is 1.56. The van der Waals surface area contributed by atoms with Crippen molar-refractivity contribution in [3.05, 3.63) is 60.7 Å². The van der Waals surface area contributed by atoms with Gasteiger partial charge in [-0.15, -0.1) is 0 Å². The maximum Gasteiger partial charge on any atom is 0.335 e. The van der Waals surface area contributed by atoms with E-state index in [0.717, 1.165) is 11.1 Å². The molecule has 2 aromatic rings. The van der Waals surface area contributed by atoms with Crippen LogP contribution in [0.3, 0.4) is 0 Å². The normalized spacial score (nSPS) is 9.95. The number of methoxy groups -OCH3 is 1. The van der Waals surface area contributed by atoms with Crippen molar-refractivity contribution in [3.63, 3.8) is 0 Å². The molecule has 0 aliphatic heterocycles. The number of hydrogen-bond acceptors (Lipinski definition) is 2. The van der Waals surface area contributed by atoms with Crippen LogP contribution in [0.2, 0.25) is 0 Å². The summed E-state index contributed by atoms with van der Waals surface area (Å²) in [5.74, 6) is -0.402. The summed E-state index contributed by atoms with van der Waals surface area (Å²) in [6.45, 7) is 3.55. The summed E-state index contributed by atoms with van der Waals surface area (Å²) in [6, 6.07) is 15.1. The van der Waals surface area contributed by atoms with Crippen LogP contribution in [0.25, 0.3) is 16.7 Å². The highest BCUT2D eigenvalue weighted by Crippen LogP contribution is 2.32. The maximum atomic E-state index is 10.9. The Bertz CT molecular complexity index is 615. The predicted molar refractivity (Wildman–Crippen MR) is 75.1 cm³/mol. The molecule has 96 valence electrons. The fraction of sp³-hybridized carbons (Fsp3) is 0.0625. The highest BCUT2D eigenvalue weighted by molar-refractivity contribution is 6.14. The van der Waals surface area contributed by atoms with Crippen LogP contribution in [0.4, 0.5) is 0 Å². The molecule has 0 fully saturated rings. The minimum absolute atomic E-state index is 0.0536. The molecule has 2 aromatic carbocycles. The summed E-state index contributed by atoms with van der Waals surface area (Å²) in [6.07, 6.45) is 0. The van der Waals surface area contributed by atoms with E-state index in [1.807, 2.05) is 36.4 Å². The molecule has 0 aliphatic carbocycles. The molecule has 1 N–H and O–H groups in total. The third-order valence-electron chi connectivity index (χ3n) is 2.89. The first-order chi connectivity index (χ1) is 9.13. The zero-order chi connectivity index (χ0) is 13.8. The molecule has 0 saturated heterocycles. The van der Waals surface area contributed by atoms with Gasteiger partial charge in [0, 0.05) is 5.56 Å². The standard InChI is InChI=1S/C16H14O3/c1-11(16(17)18)13-8-9-14(15(10-13)19-2)12-6-4-3-5-7-12/h3-10H,1H2,2H3,(H,17,18). The van der Waals surface area contributed by atoms with E-state index < -0.39 is 5.97 Å². The fourth-order valence-corrected chi connectivity index (χ4v) is 1.86. The van der Waals surface area contributed by atoms with Gasteiger partial charge in [0.05, 0.1) is 12.7 Å². The van der Waals surface area contributed by atoms with Crippen LogP contribution in [0.15, 0.2) is 55.1 Å². The van der Waals surface area contributed by atoms with Gasteiger partial charge in [-0.25, -0.2) is 4.79 Å². The number of hydrogen-bond donors (Lipinski definition) is 1. The fourth-order valence-electron chi connectivity index (χ4n) is 1.86. The molecule has 0 saturated carbocycles. The maximum absolute atomic E-state index is 10.9. The van der Waals surface area contributed by atoms with Crippen LogP contribution in [0.5, 0.6) is 5.75 Å². The third kappa shape index (κ3) is 2.65. The molecule has 0 unspecified atom stereocenters. The number of aliphatic carboxylic acids is 1. The molecule has 0 spiro atoms. The second-order valence-corrected chi connectivity index (χ2v) is 4.06. The van der Waals surface area contributed by atoms with E-state index in [4.69, 9.17) is 9.84 Å². The number of rotatable bonds is 4. The second-order valence-electron chi connectivity index (χ2n) is 4.06. The lowest BCUT2D eigenvalue weighted by Gasteiger charge is -2.11. The summed E-state index contributed by atoms with van der Waals surface area (Å²) >= 11 is 0. The Kier molecular flexibility index (Phi) is 3.66. The SMILES string of the molecule is C=C(C(=O)O)c1ccc(-c2ccccc2)c(OC)c1. The van der Waals surface area contributed by atoms with Crippen molar-refractivity contribution in [1.29, 1.82) is 0 Å². The number of benzene rings is 2. The van der Waals surface area contributed by atoms with Crippen molar-refractivity contribution in [1.82, 2.24) is 0 Å². The largest absolute Gasteiger partial charge is 0.496 e. The van der Waals surface area contributed by atoms with E-state index >= 15 is 0 Å². The molecule has 0 amide bonds. The number of carbonyl (C=O) groups is 1. The molecule has 0 bridgehead atoms. The molecule has 3 nitrogen and oxygen atoms in total. The lowest BCUT2D eigenvalue weighted by Crippen LogP contribution is -1.99. The minimum atomic E-state index is -1.03. The zero-order valence-electron chi connectivity index (χ0n) is 10.6. The third-order valence-corrected chi connectivity index (χ3v) is 2.89. The van der Waals surface area contributed by atoms with E-state index in [2.05, 4.69) is 6.58 Å². The topological polar surface area (TPSA) is 46.5 Å². The smallest absolute Gasteiger partial charge is 0.335 e. The quantitative estimate of drug-likeness (QED) is 0.850. The van der Waals surface area contributed by atoms with Crippen molar-refractivity contribution in [3.8, 4) is 16.9 Å². The Labute approximate surface area is 111 Å². The van der Waals surface area contributed by atoms with Crippen molar-refractivity contribution >= 4 is 11.5 Å². The predicted octanol–water partition coefficient (Wildman–Crippen LogP) is 3.46. The van der Waals surface area contributed by atoms with Crippen molar-refractivity contribution < 1.29 is 14.6 Å². The molecule has 0 atom stereocenters. The summed E-state index contributed by atoms with van der Waals surface area (Å²) < 4.78 is 5.34. The molecule has 19 heavy (non-hydrogen) atoms. The Morgan fingerprint density at radius 3 is 2.42 bits per heavy atom. The number of ether oxygens (including phenoxy) is 1. The molecule has 0 aromatic heterocycles. The van der Waals surface area contributed by atoms with E-state index in [-0.39, 0.29) is 5.57 Å². The lowest BCUT2D eigenvalue weighted by atomic mass is 10.00. The molecule has 3 heteroatoms. The van der Waals surface area contributed by atoms with Crippen LogP contribution in [0.1, 0.15) is 5.56 Å². The number of carboxylic acid groups (broad SMARTS) is 1. The Morgan fingerprint density at radius 2 is 1.84 bits per heavy atom. The highest BCUT2D eigenvalue weighted by atomic mass is 16.5. The molecule has 2 rings (SSSR count). The summed E-state index contributed by atoms with van der Waals surface area (Å²) in [4.78, 5) is 10.9. The first-order valence-electron chi connectivity index (χ1n) is 5.79. The van der Waals surface area contributed by atoms with Crippen LogP contribution < -0.4 is 4.74 Å². The van der Waals surface area contributed by atoms with Crippen molar-refractivity contribution in [2.75, 3.05) is 7.11 Å². The number of carboxylic acids is 1. The van der Waals surface area contributed by atoms with E-state index in [9.17, 15) is 4.79 Å². The molecular formula is C16H14O3. The van der Waals surface area contributed by atoms with Gasteiger partial charge in [-0.05, 0) is 17.2 Å². The summed E-state index contributed by atoms with van der Waals surface area (Å²) in [5, 5.41) is 8.95. The van der Waals surface area contributed by atoms with Crippen molar-refractivity contribution in [2.45, 2.75) is 0 Å².